The Hall–Kier alpha value is -1.44. The number of alkyl halides is 1. The van der Waals surface area contributed by atoms with Crippen LogP contribution in [-0.4, -0.2) is 4.98 Å². The molecule has 1 aliphatic carbocycles. The summed E-state index contributed by atoms with van der Waals surface area (Å²) in [6.07, 6.45) is 4.86. The molecule has 0 radical (unpaired) electrons. The Morgan fingerprint density at radius 1 is 1.05 bits per heavy atom. The van der Waals surface area contributed by atoms with Gasteiger partial charge in [-0.1, -0.05) is 52.3 Å². The minimum absolute atomic E-state index is 0.511. The fourth-order valence-corrected chi connectivity index (χ4v) is 2.69. The fourth-order valence-electron chi connectivity index (χ4n) is 2.69. The highest BCUT2D eigenvalue weighted by atomic mass is 19.1. The van der Waals surface area contributed by atoms with Gasteiger partial charge in [-0.3, -0.25) is 4.98 Å². The van der Waals surface area contributed by atoms with Gasteiger partial charge in [-0.25, -0.2) is 4.39 Å². The van der Waals surface area contributed by atoms with Gasteiger partial charge in [0.1, 0.15) is 5.67 Å². The number of nitrogens with zero attached hydrogens (tertiary/aromatic N) is 1. The molecule has 1 aliphatic rings. The van der Waals surface area contributed by atoms with E-state index in [2.05, 4.69) is 18.8 Å². The van der Waals surface area contributed by atoms with E-state index < -0.39 is 11.1 Å². The van der Waals surface area contributed by atoms with E-state index in [0.717, 1.165) is 21.9 Å². The summed E-state index contributed by atoms with van der Waals surface area (Å²) in [5, 5.41) is 2.08. The molecule has 102 valence electrons. The van der Waals surface area contributed by atoms with Crippen LogP contribution in [0.25, 0.3) is 10.8 Å². The number of aromatic nitrogens is 1. The molecule has 0 aliphatic heterocycles. The van der Waals surface area contributed by atoms with Crippen molar-refractivity contribution in [3.63, 3.8) is 0 Å². The average molecular weight is 259 g/mol. The van der Waals surface area contributed by atoms with Gasteiger partial charge in [-0.2, -0.15) is 0 Å². The second-order valence-electron chi connectivity index (χ2n) is 5.93. The molecule has 0 N–H and O–H groups in total. The summed E-state index contributed by atoms with van der Waals surface area (Å²) in [5.74, 6) is 0. The lowest BCUT2D eigenvalue weighted by Gasteiger charge is -2.32. The molecule has 1 aromatic carbocycles. The molecule has 0 fully saturated rings. The van der Waals surface area contributed by atoms with Gasteiger partial charge in [-0.15, -0.1) is 0 Å². The molecule has 1 nitrogen and oxygen atoms in total. The summed E-state index contributed by atoms with van der Waals surface area (Å²) in [6.45, 7) is 9.81. The molecule has 1 atom stereocenters. The van der Waals surface area contributed by atoms with E-state index in [0.29, 0.717) is 0 Å². The summed E-state index contributed by atoms with van der Waals surface area (Å²) >= 11 is 0. The summed E-state index contributed by atoms with van der Waals surface area (Å²) < 4.78 is 14.9. The number of benzene rings is 1. The lowest BCUT2D eigenvalue weighted by atomic mass is 9.76. The molecule has 3 rings (SSSR count). The highest BCUT2D eigenvalue weighted by Crippen LogP contribution is 2.54. The monoisotopic (exact) mass is 259 g/mol. The Labute approximate surface area is 114 Å². The Kier molecular flexibility index (Phi) is 3.38. The predicted molar refractivity (Wildman–Crippen MR) is 79.2 cm³/mol. The highest BCUT2D eigenvalue weighted by molar-refractivity contribution is 5.92. The van der Waals surface area contributed by atoms with E-state index in [1.807, 2.05) is 32.0 Å². The first kappa shape index (κ1) is 14.0. The van der Waals surface area contributed by atoms with Crippen molar-refractivity contribution in [2.75, 3.05) is 0 Å². The van der Waals surface area contributed by atoms with Crippen LogP contribution in [0.1, 0.15) is 52.2 Å². The zero-order valence-corrected chi connectivity index (χ0v) is 12.4. The fraction of sp³-hybridized carbons (Fsp3) is 0.471. The van der Waals surface area contributed by atoms with E-state index >= 15 is 0 Å². The van der Waals surface area contributed by atoms with Gasteiger partial charge in [0, 0.05) is 23.2 Å². The van der Waals surface area contributed by atoms with E-state index in [4.69, 9.17) is 0 Å². The van der Waals surface area contributed by atoms with Crippen LogP contribution in [-0.2, 0) is 11.1 Å². The Balaban J connectivity index is 0.000000408. The topological polar surface area (TPSA) is 12.9 Å². The second kappa shape index (κ2) is 4.59. The first-order valence-electron chi connectivity index (χ1n) is 6.94. The SMILES string of the molecule is CC1(C)c2cncc3cccc(c23)C1(C)F.CCC. The van der Waals surface area contributed by atoms with Crippen molar-refractivity contribution < 1.29 is 4.39 Å². The van der Waals surface area contributed by atoms with Crippen molar-refractivity contribution >= 4 is 10.8 Å². The Morgan fingerprint density at radius 3 is 2.32 bits per heavy atom. The molecule has 1 aromatic heterocycles. The lowest BCUT2D eigenvalue weighted by molar-refractivity contribution is 0.101. The van der Waals surface area contributed by atoms with Crippen LogP contribution in [0.3, 0.4) is 0 Å². The van der Waals surface area contributed by atoms with Gasteiger partial charge in [0.2, 0.25) is 0 Å². The molecular weight excluding hydrogens is 237 g/mol. The number of hydrogen-bond acceptors (Lipinski definition) is 1. The average Bonchev–Trinajstić information content (AvgIpc) is 2.51. The minimum atomic E-state index is -1.32. The van der Waals surface area contributed by atoms with Crippen molar-refractivity contribution in [1.82, 2.24) is 4.98 Å². The highest BCUT2D eigenvalue weighted by Gasteiger charge is 2.51. The van der Waals surface area contributed by atoms with Crippen molar-refractivity contribution in [1.29, 1.82) is 0 Å². The third kappa shape index (κ3) is 1.85. The summed E-state index contributed by atoms with van der Waals surface area (Å²) in [4.78, 5) is 4.21. The smallest absolute Gasteiger partial charge is 0.142 e. The molecule has 0 saturated heterocycles. The van der Waals surface area contributed by atoms with Crippen LogP contribution in [0.5, 0.6) is 0 Å². The van der Waals surface area contributed by atoms with Crippen molar-refractivity contribution in [2.24, 2.45) is 0 Å². The number of rotatable bonds is 0. The van der Waals surface area contributed by atoms with Crippen LogP contribution in [0.15, 0.2) is 30.6 Å². The maximum atomic E-state index is 14.9. The first-order chi connectivity index (χ1) is 8.87. The lowest BCUT2D eigenvalue weighted by Crippen LogP contribution is -2.34. The third-order valence-corrected chi connectivity index (χ3v) is 4.14. The standard InChI is InChI=1S/C14H14FN.C3H8/c1-13(2)11-8-16-7-9-5-4-6-10(12(9)11)14(13,3)15;1-3-2/h4-8H,1-3H3;3H2,1-2H3. The van der Waals surface area contributed by atoms with E-state index in [1.165, 1.54) is 6.42 Å². The zero-order valence-electron chi connectivity index (χ0n) is 12.4. The molecule has 1 heterocycles. The van der Waals surface area contributed by atoms with E-state index in [1.54, 1.807) is 19.3 Å². The van der Waals surface area contributed by atoms with Gasteiger partial charge in [-0.05, 0) is 23.4 Å². The molecule has 19 heavy (non-hydrogen) atoms. The van der Waals surface area contributed by atoms with E-state index in [-0.39, 0.29) is 0 Å². The maximum Gasteiger partial charge on any atom is 0.142 e. The molecule has 0 saturated carbocycles. The first-order valence-corrected chi connectivity index (χ1v) is 6.94. The summed E-state index contributed by atoms with van der Waals surface area (Å²) in [6, 6.07) is 5.79. The van der Waals surface area contributed by atoms with Gasteiger partial charge in [0.15, 0.2) is 0 Å². The Bertz CT molecular complexity index is 550. The van der Waals surface area contributed by atoms with Crippen molar-refractivity contribution in [3.05, 3.63) is 41.7 Å². The van der Waals surface area contributed by atoms with Crippen molar-refractivity contribution in [3.8, 4) is 0 Å². The van der Waals surface area contributed by atoms with Crippen LogP contribution in [0.2, 0.25) is 0 Å². The zero-order chi connectivity index (χ0) is 14.3. The van der Waals surface area contributed by atoms with Crippen LogP contribution in [0, 0.1) is 0 Å². The molecule has 0 amide bonds. The second-order valence-corrected chi connectivity index (χ2v) is 5.93. The largest absolute Gasteiger partial charge is 0.264 e. The molecule has 1 unspecified atom stereocenters. The van der Waals surface area contributed by atoms with Gasteiger partial charge in [0.25, 0.3) is 0 Å². The summed E-state index contributed by atoms with van der Waals surface area (Å²) in [7, 11) is 0. The van der Waals surface area contributed by atoms with Gasteiger partial charge >= 0.3 is 0 Å². The summed E-state index contributed by atoms with van der Waals surface area (Å²) in [5.41, 5.74) is -0.0147. The third-order valence-electron chi connectivity index (χ3n) is 4.14. The number of pyridine rings is 1. The van der Waals surface area contributed by atoms with Gasteiger partial charge < -0.3 is 0 Å². The van der Waals surface area contributed by atoms with Crippen LogP contribution >= 0.6 is 0 Å². The maximum absolute atomic E-state index is 14.9. The van der Waals surface area contributed by atoms with Crippen LogP contribution < -0.4 is 0 Å². The van der Waals surface area contributed by atoms with E-state index in [9.17, 15) is 4.39 Å². The predicted octanol–water partition coefficient (Wildman–Crippen LogP) is 5.13. The molecular formula is C17H22FN. The Morgan fingerprint density at radius 2 is 1.68 bits per heavy atom. The quantitative estimate of drug-likeness (QED) is 0.639. The molecule has 0 bridgehead atoms. The van der Waals surface area contributed by atoms with Crippen LogP contribution in [0.4, 0.5) is 4.39 Å². The molecule has 2 heteroatoms. The number of halogens is 1. The minimum Gasteiger partial charge on any atom is -0.264 e. The molecule has 2 aromatic rings. The number of hydrogen-bond donors (Lipinski definition) is 0. The van der Waals surface area contributed by atoms with Gasteiger partial charge in [0.05, 0.1) is 0 Å². The molecule has 0 spiro atoms. The van der Waals surface area contributed by atoms with Crippen molar-refractivity contribution in [2.45, 2.75) is 52.1 Å². The normalized spacial score (nSPS) is 23.1.